The van der Waals surface area contributed by atoms with Crippen LogP contribution in [-0.4, -0.2) is 17.1 Å². The van der Waals surface area contributed by atoms with Crippen molar-refractivity contribution in [1.29, 1.82) is 0 Å². The molecule has 0 bridgehead atoms. The Morgan fingerprint density at radius 1 is 1.15 bits per heavy atom. The summed E-state index contributed by atoms with van der Waals surface area (Å²) in [5.74, 6) is -0.401. The van der Waals surface area contributed by atoms with E-state index in [4.69, 9.17) is 21.1 Å². The van der Waals surface area contributed by atoms with E-state index in [1.165, 1.54) is 28.0 Å². The number of rotatable bonds is 7. The Kier molecular flexibility index (Phi) is 8.94. The number of halogens is 4. The van der Waals surface area contributed by atoms with Crippen molar-refractivity contribution in [3.05, 3.63) is 128 Å². The number of thiazole rings is 1. The number of carbonyl (C=O) groups is 1. The third-order valence-corrected chi connectivity index (χ3v) is 8.88. The molecule has 0 radical (unpaired) electrons. The number of hydrogen-bond acceptors (Lipinski definition) is 6. The minimum atomic E-state index is -0.813. The number of fused-ring (bicyclic) bond motifs is 1. The molecule has 0 amide bonds. The van der Waals surface area contributed by atoms with Crippen molar-refractivity contribution in [1.82, 2.24) is 4.57 Å². The molecule has 6 nitrogen and oxygen atoms in total. The molecular formula is C30H22Br2ClFN2O4S. The van der Waals surface area contributed by atoms with Gasteiger partial charge in [-0.15, -0.1) is 0 Å². The molecule has 1 aliphatic rings. The first-order valence-corrected chi connectivity index (χ1v) is 15.3. The van der Waals surface area contributed by atoms with Crippen molar-refractivity contribution in [3.63, 3.8) is 0 Å². The molecular weight excluding hydrogens is 699 g/mol. The molecule has 1 aromatic heterocycles. The zero-order valence-corrected chi connectivity index (χ0v) is 26.5. The van der Waals surface area contributed by atoms with Gasteiger partial charge in [-0.05, 0) is 93.2 Å². The summed E-state index contributed by atoms with van der Waals surface area (Å²) in [4.78, 5) is 31.8. The number of aromatic nitrogens is 1. The van der Waals surface area contributed by atoms with E-state index in [2.05, 4.69) is 36.9 Å². The first-order valence-electron chi connectivity index (χ1n) is 12.5. The van der Waals surface area contributed by atoms with Crippen molar-refractivity contribution in [2.24, 2.45) is 4.99 Å². The van der Waals surface area contributed by atoms with Gasteiger partial charge in [0, 0.05) is 10.6 Å². The average molecular weight is 721 g/mol. The Balaban J connectivity index is 1.56. The lowest BCUT2D eigenvalue weighted by Gasteiger charge is -2.24. The Hall–Kier alpha value is -3.05. The molecule has 1 aliphatic heterocycles. The molecule has 11 heteroatoms. The summed E-state index contributed by atoms with van der Waals surface area (Å²) in [6, 6.07) is 16.1. The Morgan fingerprint density at radius 3 is 2.49 bits per heavy atom. The topological polar surface area (TPSA) is 69.9 Å². The van der Waals surface area contributed by atoms with Crippen molar-refractivity contribution in [2.75, 3.05) is 6.61 Å². The maximum Gasteiger partial charge on any atom is 0.338 e. The van der Waals surface area contributed by atoms with Crippen LogP contribution in [-0.2, 0) is 16.1 Å². The molecule has 210 valence electrons. The van der Waals surface area contributed by atoms with Crippen molar-refractivity contribution >= 4 is 66.8 Å². The third kappa shape index (κ3) is 6.11. The van der Waals surface area contributed by atoms with Crippen molar-refractivity contribution in [3.8, 4) is 5.75 Å². The summed E-state index contributed by atoms with van der Waals surface area (Å²) in [5.41, 5.74) is 2.51. The number of nitrogens with zero attached hydrogens (tertiary/aromatic N) is 2. The first kappa shape index (κ1) is 29.4. The lowest BCUT2D eigenvalue weighted by Crippen LogP contribution is -2.39. The zero-order valence-electron chi connectivity index (χ0n) is 21.8. The summed E-state index contributed by atoms with van der Waals surface area (Å²) >= 11 is 14.6. The van der Waals surface area contributed by atoms with Crippen LogP contribution in [0.4, 0.5) is 4.39 Å². The summed E-state index contributed by atoms with van der Waals surface area (Å²) in [5, 5.41) is 0.618. The van der Waals surface area contributed by atoms with Crippen LogP contribution in [0.15, 0.2) is 90.7 Å². The van der Waals surface area contributed by atoms with E-state index in [0.717, 1.165) is 11.1 Å². The second kappa shape index (κ2) is 12.4. The SMILES string of the molecule is CCOC(=O)C1=C(C)N=c2s/c(=C\c3cc(Br)c(OCc4ccccc4Cl)c(Br)c3)c(=O)n2[C@@H]1c1ccc(F)cc1. The van der Waals surface area contributed by atoms with Gasteiger partial charge in [0.1, 0.15) is 18.2 Å². The Labute approximate surface area is 260 Å². The maximum absolute atomic E-state index is 13.8. The minimum Gasteiger partial charge on any atom is -0.486 e. The average Bonchev–Trinajstić information content (AvgIpc) is 3.23. The van der Waals surface area contributed by atoms with Crippen molar-refractivity contribution < 1.29 is 18.7 Å². The Morgan fingerprint density at radius 2 is 1.83 bits per heavy atom. The van der Waals surface area contributed by atoms with Gasteiger partial charge in [0.25, 0.3) is 5.56 Å². The van der Waals surface area contributed by atoms with Gasteiger partial charge in [-0.1, -0.05) is 53.3 Å². The fourth-order valence-electron chi connectivity index (χ4n) is 4.47. The number of carbonyl (C=O) groups excluding carboxylic acids is 1. The predicted molar refractivity (Wildman–Crippen MR) is 164 cm³/mol. The van der Waals surface area contributed by atoms with E-state index in [9.17, 15) is 14.0 Å². The van der Waals surface area contributed by atoms with Gasteiger partial charge in [-0.25, -0.2) is 14.2 Å². The summed E-state index contributed by atoms with van der Waals surface area (Å²) in [6.07, 6.45) is 1.75. The predicted octanol–water partition coefficient (Wildman–Crippen LogP) is 6.69. The highest BCUT2D eigenvalue weighted by atomic mass is 79.9. The van der Waals surface area contributed by atoms with E-state index < -0.39 is 17.8 Å². The van der Waals surface area contributed by atoms with E-state index >= 15 is 0 Å². The molecule has 1 atom stereocenters. The van der Waals surface area contributed by atoms with Crippen LogP contribution in [0.1, 0.15) is 36.6 Å². The van der Waals surface area contributed by atoms with Crippen LogP contribution in [0, 0.1) is 5.82 Å². The second-order valence-electron chi connectivity index (χ2n) is 9.05. The summed E-state index contributed by atoms with van der Waals surface area (Å²) < 4.78 is 28.3. The first-order chi connectivity index (χ1) is 19.7. The lowest BCUT2D eigenvalue weighted by molar-refractivity contribution is -0.139. The normalized spacial score (nSPS) is 15.0. The van der Waals surface area contributed by atoms with Gasteiger partial charge >= 0.3 is 5.97 Å². The maximum atomic E-state index is 13.8. The zero-order chi connectivity index (χ0) is 29.3. The Bertz CT molecular complexity index is 1850. The molecule has 0 saturated heterocycles. The lowest BCUT2D eigenvalue weighted by atomic mass is 9.96. The van der Waals surface area contributed by atoms with E-state index in [1.807, 2.05) is 30.3 Å². The fourth-order valence-corrected chi connectivity index (χ4v) is 7.16. The van der Waals surface area contributed by atoms with Gasteiger partial charge in [0.2, 0.25) is 0 Å². The largest absolute Gasteiger partial charge is 0.486 e. The fraction of sp³-hybridized carbons (Fsp3) is 0.167. The van der Waals surface area contributed by atoms with Crippen LogP contribution >= 0.6 is 54.8 Å². The van der Waals surface area contributed by atoms with Crippen LogP contribution in [0.25, 0.3) is 6.08 Å². The summed E-state index contributed by atoms with van der Waals surface area (Å²) in [6.45, 7) is 3.85. The van der Waals surface area contributed by atoms with Crippen LogP contribution in [0.5, 0.6) is 5.75 Å². The molecule has 0 unspecified atom stereocenters. The number of esters is 1. The monoisotopic (exact) mass is 718 g/mol. The van der Waals surface area contributed by atoms with Crippen molar-refractivity contribution in [2.45, 2.75) is 26.5 Å². The van der Waals surface area contributed by atoms with Crippen LogP contribution in [0.2, 0.25) is 5.02 Å². The number of ether oxygens (including phenoxy) is 2. The quantitative estimate of drug-likeness (QED) is 0.200. The molecule has 0 aliphatic carbocycles. The van der Waals surface area contributed by atoms with Gasteiger partial charge < -0.3 is 9.47 Å². The number of hydrogen-bond donors (Lipinski definition) is 0. The molecule has 0 N–H and O–H groups in total. The van der Waals surface area contributed by atoms with Crippen LogP contribution in [0.3, 0.4) is 0 Å². The standard InChI is InChI=1S/C30H22Br2ClFN2O4S/c1-3-39-29(38)25-16(2)35-30-36(26(25)18-8-10-20(34)11-9-18)28(37)24(41-30)14-17-12-21(31)27(22(32)13-17)40-15-19-6-4-5-7-23(19)33/h4-14,26H,3,15H2,1-2H3/b24-14-/t26-/m1/s1. The van der Waals surface area contributed by atoms with Gasteiger partial charge in [0.15, 0.2) is 4.80 Å². The van der Waals surface area contributed by atoms with Gasteiger partial charge in [0.05, 0.1) is 37.4 Å². The molecule has 3 aromatic carbocycles. The van der Waals surface area contributed by atoms with Gasteiger partial charge in [-0.3, -0.25) is 9.36 Å². The summed E-state index contributed by atoms with van der Waals surface area (Å²) in [7, 11) is 0. The van der Waals surface area contributed by atoms with E-state index in [1.54, 1.807) is 38.1 Å². The number of benzene rings is 3. The molecule has 2 heterocycles. The molecule has 0 spiro atoms. The molecule has 41 heavy (non-hydrogen) atoms. The minimum absolute atomic E-state index is 0.165. The molecule has 5 rings (SSSR count). The van der Waals surface area contributed by atoms with E-state index in [0.29, 0.717) is 40.3 Å². The molecule has 0 saturated carbocycles. The smallest absolute Gasteiger partial charge is 0.338 e. The highest BCUT2D eigenvalue weighted by Gasteiger charge is 2.33. The van der Waals surface area contributed by atoms with Crippen LogP contribution < -0.4 is 19.6 Å². The van der Waals surface area contributed by atoms with Gasteiger partial charge in [-0.2, -0.15) is 0 Å². The highest BCUT2D eigenvalue weighted by molar-refractivity contribution is 9.11. The second-order valence-corrected chi connectivity index (χ2v) is 12.2. The van der Waals surface area contributed by atoms with E-state index in [-0.39, 0.29) is 24.3 Å². The number of allylic oxidation sites excluding steroid dienone is 1. The third-order valence-electron chi connectivity index (χ3n) is 6.35. The molecule has 0 fully saturated rings. The highest BCUT2D eigenvalue weighted by Crippen LogP contribution is 2.36. The molecule has 4 aromatic rings.